The van der Waals surface area contributed by atoms with Crippen molar-refractivity contribution >= 4 is 11.4 Å². The number of non-ortho nitro benzene ring substituents is 1. The molecule has 150 valence electrons. The maximum absolute atomic E-state index is 11.1. The zero-order chi connectivity index (χ0) is 20.9. The lowest BCUT2D eigenvalue weighted by Crippen LogP contribution is -2.48. The van der Waals surface area contributed by atoms with E-state index in [-0.39, 0.29) is 11.7 Å². The van der Waals surface area contributed by atoms with Crippen LogP contribution in [-0.4, -0.2) is 15.6 Å². The Morgan fingerprint density at radius 2 is 1.77 bits per heavy atom. The first-order valence-corrected chi connectivity index (χ1v) is 9.92. The fourth-order valence-electron chi connectivity index (χ4n) is 4.26. The van der Waals surface area contributed by atoms with E-state index in [0.29, 0.717) is 0 Å². The molecule has 0 bridgehead atoms. The van der Waals surface area contributed by atoms with Crippen LogP contribution in [0.3, 0.4) is 0 Å². The third kappa shape index (κ3) is 2.84. The van der Waals surface area contributed by atoms with Gasteiger partial charge in [0, 0.05) is 36.6 Å². The molecule has 6 heteroatoms. The number of hydrogen-bond donors (Lipinski definition) is 0. The number of hydrazone groups is 1. The standard InChI is InChI=1S/C24H21N3O3/c1-16-7-9-17(10-8-16)21-15-22-20-5-3-4-6-23(20)30-24(2,26(22)25-21)18-11-13-19(14-12-18)27(28)29/h3-14,22H,15H2,1-2H3. The SMILES string of the molecule is Cc1ccc(C2=NN3C(C2)c2ccccc2OC3(C)c2ccc([N+](=O)[O-])cc2)cc1. The summed E-state index contributed by atoms with van der Waals surface area (Å²) in [4.78, 5) is 10.7. The Morgan fingerprint density at radius 1 is 1.07 bits per heavy atom. The average Bonchev–Trinajstić information content (AvgIpc) is 3.21. The van der Waals surface area contributed by atoms with Crippen molar-refractivity contribution in [2.75, 3.05) is 0 Å². The van der Waals surface area contributed by atoms with Crippen molar-refractivity contribution in [3.63, 3.8) is 0 Å². The average molecular weight is 399 g/mol. The van der Waals surface area contributed by atoms with Crippen molar-refractivity contribution in [1.82, 2.24) is 5.01 Å². The number of nitro benzene ring substituents is 1. The lowest BCUT2D eigenvalue weighted by molar-refractivity contribution is -0.384. The number of para-hydroxylation sites is 1. The molecule has 0 amide bonds. The van der Waals surface area contributed by atoms with E-state index in [1.165, 1.54) is 17.7 Å². The van der Waals surface area contributed by atoms with Gasteiger partial charge >= 0.3 is 0 Å². The van der Waals surface area contributed by atoms with Gasteiger partial charge in [-0.3, -0.25) is 10.1 Å². The summed E-state index contributed by atoms with van der Waals surface area (Å²) >= 11 is 0. The van der Waals surface area contributed by atoms with Crippen LogP contribution in [0.2, 0.25) is 0 Å². The highest BCUT2D eigenvalue weighted by molar-refractivity contribution is 6.02. The fraction of sp³-hybridized carbons (Fsp3) is 0.208. The summed E-state index contributed by atoms with van der Waals surface area (Å²) in [5.41, 5.74) is 4.41. The summed E-state index contributed by atoms with van der Waals surface area (Å²) in [6.45, 7) is 4.04. The van der Waals surface area contributed by atoms with Gasteiger partial charge in [0.15, 0.2) is 0 Å². The normalized spacial score (nSPS) is 22.0. The van der Waals surface area contributed by atoms with Crippen LogP contribution >= 0.6 is 0 Å². The van der Waals surface area contributed by atoms with Crippen molar-refractivity contribution in [2.45, 2.75) is 32.0 Å². The zero-order valence-electron chi connectivity index (χ0n) is 16.8. The Bertz CT molecular complexity index is 1160. The minimum absolute atomic E-state index is 0.0337. The van der Waals surface area contributed by atoms with E-state index in [9.17, 15) is 10.1 Å². The molecule has 2 aliphatic rings. The predicted octanol–water partition coefficient (Wildman–Crippen LogP) is 5.32. The summed E-state index contributed by atoms with van der Waals surface area (Å²) in [7, 11) is 0. The quantitative estimate of drug-likeness (QED) is 0.442. The third-order valence-electron chi connectivity index (χ3n) is 5.93. The number of ether oxygens (including phenoxy) is 1. The number of benzene rings is 3. The third-order valence-corrected chi connectivity index (χ3v) is 5.93. The first kappa shape index (κ1) is 18.4. The van der Waals surface area contributed by atoms with Crippen LogP contribution in [0.1, 0.15) is 41.6 Å². The van der Waals surface area contributed by atoms with E-state index >= 15 is 0 Å². The summed E-state index contributed by atoms with van der Waals surface area (Å²) in [6.07, 6.45) is 0.770. The van der Waals surface area contributed by atoms with Crippen LogP contribution in [0, 0.1) is 17.0 Å². The maximum Gasteiger partial charge on any atom is 0.269 e. The van der Waals surface area contributed by atoms with Crippen molar-refractivity contribution in [3.8, 4) is 5.75 Å². The van der Waals surface area contributed by atoms with Crippen LogP contribution in [0.15, 0.2) is 77.9 Å². The number of fused-ring (bicyclic) bond motifs is 3. The van der Waals surface area contributed by atoms with Crippen molar-refractivity contribution in [1.29, 1.82) is 0 Å². The van der Waals surface area contributed by atoms with E-state index in [0.717, 1.165) is 34.6 Å². The summed E-state index contributed by atoms with van der Waals surface area (Å²) in [5, 5.41) is 18.1. The molecule has 0 N–H and O–H groups in total. The highest BCUT2D eigenvalue weighted by atomic mass is 16.6. The predicted molar refractivity (Wildman–Crippen MR) is 114 cm³/mol. The van der Waals surface area contributed by atoms with Crippen molar-refractivity contribution in [2.24, 2.45) is 5.10 Å². The summed E-state index contributed by atoms with van der Waals surface area (Å²) in [5.74, 6) is 0.819. The molecule has 6 nitrogen and oxygen atoms in total. The number of aryl methyl sites for hydroxylation is 1. The van der Waals surface area contributed by atoms with E-state index in [4.69, 9.17) is 9.84 Å². The minimum Gasteiger partial charge on any atom is -0.462 e. The molecule has 3 aromatic rings. The molecular formula is C24H21N3O3. The van der Waals surface area contributed by atoms with Gasteiger partial charge in [0.1, 0.15) is 5.75 Å². The van der Waals surface area contributed by atoms with Crippen LogP contribution in [-0.2, 0) is 5.72 Å². The monoisotopic (exact) mass is 399 g/mol. The number of nitro groups is 1. The van der Waals surface area contributed by atoms with Gasteiger partial charge in [-0.05, 0) is 30.7 Å². The van der Waals surface area contributed by atoms with Gasteiger partial charge in [-0.1, -0.05) is 48.0 Å². The molecule has 2 aliphatic heterocycles. The lowest BCUT2D eigenvalue weighted by Gasteiger charge is -2.45. The molecule has 0 saturated carbocycles. The second kappa shape index (κ2) is 6.69. The van der Waals surface area contributed by atoms with Crippen LogP contribution < -0.4 is 4.74 Å². The smallest absolute Gasteiger partial charge is 0.269 e. The molecule has 30 heavy (non-hydrogen) atoms. The van der Waals surface area contributed by atoms with E-state index in [1.54, 1.807) is 12.1 Å². The molecule has 0 aliphatic carbocycles. The van der Waals surface area contributed by atoms with E-state index < -0.39 is 10.6 Å². The summed E-state index contributed by atoms with van der Waals surface area (Å²) < 4.78 is 6.47. The molecule has 0 aromatic heterocycles. The van der Waals surface area contributed by atoms with E-state index in [1.807, 2.05) is 30.1 Å². The molecule has 2 atom stereocenters. The van der Waals surface area contributed by atoms with Crippen molar-refractivity contribution < 1.29 is 9.66 Å². The number of nitrogens with zero attached hydrogens (tertiary/aromatic N) is 3. The number of hydrogen-bond acceptors (Lipinski definition) is 5. The summed E-state index contributed by atoms with van der Waals surface area (Å²) in [6, 6.07) is 23.0. The lowest BCUT2D eigenvalue weighted by atomic mass is 9.92. The molecule has 0 radical (unpaired) electrons. The van der Waals surface area contributed by atoms with Gasteiger partial charge in [0.05, 0.1) is 16.7 Å². The Morgan fingerprint density at radius 3 is 2.47 bits per heavy atom. The molecule has 2 unspecified atom stereocenters. The first-order chi connectivity index (χ1) is 14.5. The second-order valence-corrected chi connectivity index (χ2v) is 7.90. The Balaban J connectivity index is 1.61. The van der Waals surface area contributed by atoms with Crippen LogP contribution in [0.5, 0.6) is 5.75 Å². The Hall–Kier alpha value is -3.67. The molecular weight excluding hydrogens is 378 g/mol. The second-order valence-electron chi connectivity index (χ2n) is 7.90. The van der Waals surface area contributed by atoms with Gasteiger partial charge < -0.3 is 4.74 Å². The van der Waals surface area contributed by atoms with Crippen LogP contribution in [0.25, 0.3) is 0 Å². The topological polar surface area (TPSA) is 68.0 Å². The molecule has 0 fully saturated rings. The Labute approximate surface area is 174 Å². The Kier molecular flexibility index (Phi) is 4.10. The van der Waals surface area contributed by atoms with Gasteiger partial charge in [-0.15, -0.1) is 0 Å². The van der Waals surface area contributed by atoms with E-state index in [2.05, 4.69) is 37.3 Å². The molecule has 3 aromatic carbocycles. The molecule has 0 saturated heterocycles. The molecule has 5 rings (SSSR count). The highest BCUT2D eigenvalue weighted by Crippen LogP contribution is 2.50. The minimum atomic E-state index is -0.874. The zero-order valence-corrected chi connectivity index (χ0v) is 16.8. The van der Waals surface area contributed by atoms with Gasteiger partial charge in [0.25, 0.3) is 5.69 Å². The first-order valence-electron chi connectivity index (χ1n) is 9.92. The fourth-order valence-corrected chi connectivity index (χ4v) is 4.26. The van der Waals surface area contributed by atoms with Gasteiger partial charge in [-0.25, -0.2) is 5.01 Å². The largest absolute Gasteiger partial charge is 0.462 e. The molecule has 0 spiro atoms. The highest BCUT2D eigenvalue weighted by Gasteiger charge is 2.48. The maximum atomic E-state index is 11.1. The molecule has 2 heterocycles. The number of rotatable bonds is 3. The van der Waals surface area contributed by atoms with Gasteiger partial charge in [-0.2, -0.15) is 5.10 Å². The van der Waals surface area contributed by atoms with Crippen molar-refractivity contribution in [3.05, 3.63) is 105 Å². The van der Waals surface area contributed by atoms with Crippen LogP contribution in [0.4, 0.5) is 5.69 Å². The van der Waals surface area contributed by atoms with Gasteiger partial charge in [0.2, 0.25) is 5.72 Å².